The first-order valence-electron chi connectivity index (χ1n) is 11.2. The third kappa shape index (κ3) is 5.32. The third-order valence-corrected chi connectivity index (χ3v) is 9.31. The highest BCUT2D eigenvalue weighted by molar-refractivity contribution is 14.1. The van der Waals surface area contributed by atoms with Crippen molar-refractivity contribution in [3.8, 4) is 5.75 Å². The van der Waals surface area contributed by atoms with Crippen LogP contribution in [-0.4, -0.2) is 45.7 Å². The Bertz CT molecular complexity index is 1010. The largest absolute Gasteiger partial charge is 0.491 e. The molecular weight excluding hydrogens is 539 g/mol. The molecule has 0 spiro atoms. The summed E-state index contributed by atoms with van der Waals surface area (Å²) in [5.74, 6) is 0.0772. The van der Waals surface area contributed by atoms with E-state index in [0.717, 1.165) is 22.0 Å². The van der Waals surface area contributed by atoms with Crippen molar-refractivity contribution in [1.29, 1.82) is 0 Å². The summed E-state index contributed by atoms with van der Waals surface area (Å²) in [7, 11) is -1.99. The number of ether oxygens (including phenoxy) is 2. The Balaban J connectivity index is 2.21. The van der Waals surface area contributed by atoms with Gasteiger partial charge in [0.15, 0.2) is 9.84 Å². The zero-order valence-corrected chi connectivity index (χ0v) is 22.0. The Kier molecular flexibility index (Phi) is 8.63. The highest BCUT2D eigenvalue weighted by Gasteiger charge is 2.49. The minimum atomic E-state index is -3.59. The SMILES string of the molecule is CCCC[C@]1(CC)CS(=O)(=O)c2ccc(OCCOC)cc2[C@H](c2ccc(I)cc2)[C@@H]1O. The molecule has 3 atom stereocenters. The monoisotopic (exact) mass is 572 g/mol. The van der Waals surface area contributed by atoms with Gasteiger partial charge < -0.3 is 14.6 Å². The lowest BCUT2D eigenvalue weighted by molar-refractivity contribution is 0.0173. The van der Waals surface area contributed by atoms with Gasteiger partial charge >= 0.3 is 0 Å². The Morgan fingerprint density at radius 3 is 2.47 bits per heavy atom. The van der Waals surface area contributed by atoms with Crippen molar-refractivity contribution in [1.82, 2.24) is 0 Å². The molecule has 32 heavy (non-hydrogen) atoms. The molecule has 0 unspecified atom stereocenters. The summed E-state index contributed by atoms with van der Waals surface area (Å²) in [5, 5.41) is 11.9. The zero-order valence-electron chi connectivity index (χ0n) is 19.0. The lowest BCUT2D eigenvalue weighted by Gasteiger charge is -2.39. The summed E-state index contributed by atoms with van der Waals surface area (Å²) in [6.07, 6.45) is 2.27. The van der Waals surface area contributed by atoms with E-state index in [1.54, 1.807) is 25.3 Å². The molecule has 1 N–H and O–H groups in total. The second-order valence-corrected chi connectivity index (χ2v) is 11.8. The van der Waals surface area contributed by atoms with Crippen LogP contribution in [0.2, 0.25) is 0 Å². The van der Waals surface area contributed by atoms with Crippen LogP contribution in [0.1, 0.15) is 56.6 Å². The summed E-state index contributed by atoms with van der Waals surface area (Å²) in [4.78, 5) is 0.297. The molecule has 0 radical (unpaired) electrons. The van der Waals surface area contributed by atoms with E-state index in [-0.39, 0.29) is 5.75 Å². The molecule has 2 aromatic carbocycles. The topological polar surface area (TPSA) is 72.8 Å². The van der Waals surface area contributed by atoms with Crippen LogP contribution in [0.5, 0.6) is 5.75 Å². The van der Waals surface area contributed by atoms with E-state index in [9.17, 15) is 13.5 Å². The number of fused-ring (bicyclic) bond motifs is 1. The van der Waals surface area contributed by atoms with Gasteiger partial charge in [-0.15, -0.1) is 0 Å². The lowest BCUT2D eigenvalue weighted by atomic mass is 9.69. The average molecular weight is 573 g/mol. The Hall–Kier alpha value is -1.16. The molecule has 2 aromatic rings. The lowest BCUT2D eigenvalue weighted by Crippen LogP contribution is -2.42. The van der Waals surface area contributed by atoms with Gasteiger partial charge in [0.05, 0.1) is 23.4 Å². The predicted molar refractivity (Wildman–Crippen MR) is 135 cm³/mol. The molecule has 0 amide bonds. The van der Waals surface area contributed by atoms with E-state index in [1.807, 2.05) is 31.2 Å². The highest BCUT2D eigenvalue weighted by atomic mass is 127. The first-order chi connectivity index (χ1) is 15.3. The van der Waals surface area contributed by atoms with Crippen LogP contribution in [0, 0.1) is 8.99 Å². The van der Waals surface area contributed by atoms with Crippen molar-refractivity contribution in [3.05, 3.63) is 57.2 Å². The maximum absolute atomic E-state index is 13.6. The fourth-order valence-electron chi connectivity index (χ4n) is 4.72. The molecule has 7 heteroatoms. The molecule has 0 bridgehead atoms. The second kappa shape index (κ2) is 10.8. The van der Waals surface area contributed by atoms with Crippen molar-refractivity contribution in [2.45, 2.75) is 56.4 Å². The van der Waals surface area contributed by atoms with Crippen molar-refractivity contribution >= 4 is 32.4 Å². The third-order valence-electron chi connectivity index (χ3n) is 6.59. The van der Waals surface area contributed by atoms with E-state index in [4.69, 9.17) is 9.47 Å². The van der Waals surface area contributed by atoms with Gasteiger partial charge in [-0.25, -0.2) is 8.42 Å². The molecule has 1 aliphatic rings. The summed E-state index contributed by atoms with van der Waals surface area (Å²) >= 11 is 2.25. The van der Waals surface area contributed by atoms with Gasteiger partial charge in [0, 0.05) is 22.0 Å². The summed E-state index contributed by atoms with van der Waals surface area (Å²) in [6, 6.07) is 13.1. The van der Waals surface area contributed by atoms with Crippen LogP contribution in [0.3, 0.4) is 0 Å². The highest BCUT2D eigenvalue weighted by Crippen LogP contribution is 2.49. The Morgan fingerprint density at radius 1 is 1.12 bits per heavy atom. The van der Waals surface area contributed by atoms with Crippen LogP contribution < -0.4 is 4.74 Å². The number of benzene rings is 2. The van der Waals surface area contributed by atoms with Crippen LogP contribution in [0.4, 0.5) is 0 Å². The van der Waals surface area contributed by atoms with Gasteiger partial charge in [-0.1, -0.05) is 38.8 Å². The van der Waals surface area contributed by atoms with Gasteiger partial charge in [0.25, 0.3) is 0 Å². The quantitative estimate of drug-likeness (QED) is 0.331. The second-order valence-electron chi connectivity index (χ2n) is 8.59. The molecule has 1 aliphatic heterocycles. The number of methoxy groups -OCH3 is 1. The maximum Gasteiger partial charge on any atom is 0.179 e. The number of halogens is 1. The minimum Gasteiger partial charge on any atom is -0.491 e. The molecule has 5 nitrogen and oxygen atoms in total. The maximum atomic E-state index is 13.6. The van der Waals surface area contributed by atoms with E-state index >= 15 is 0 Å². The van der Waals surface area contributed by atoms with Crippen molar-refractivity contribution in [2.75, 3.05) is 26.1 Å². The minimum absolute atomic E-state index is 0.0462. The van der Waals surface area contributed by atoms with Crippen molar-refractivity contribution < 1.29 is 23.0 Å². The number of sulfone groups is 1. The number of hydrogen-bond acceptors (Lipinski definition) is 5. The number of unbranched alkanes of at least 4 members (excludes halogenated alkanes) is 1. The molecule has 0 saturated carbocycles. The first-order valence-corrected chi connectivity index (χ1v) is 13.9. The van der Waals surface area contributed by atoms with E-state index in [0.29, 0.717) is 42.3 Å². The number of aliphatic hydroxyl groups excluding tert-OH is 1. The summed E-state index contributed by atoms with van der Waals surface area (Å²) in [6.45, 7) is 4.90. The Labute approximate surface area is 205 Å². The molecule has 3 rings (SSSR count). The fraction of sp³-hybridized carbons (Fsp3) is 0.520. The molecule has 0 fully saturated rings. The Morgan fingerprint density at radius 2 is 1.84 bits per heavy atom. The normalized spacial score (nSPS) is 24.5. The van der Waals surface area contributed by atoms with Crippen LogP contribution in [-0.2, 0) is 14.6 Å². The van der Waals surface area contributed by atoms with Gasteiger partial charge in [-0.05, 0) is 76.9 Å². The predicted octanol–water partition coefficient (Wildman–Crippen LogP) is 5.18. The number of rotatable bonds is 9. The molecule has 176 valence electrons. The standard InChI is InChI=1S/C25H33IO5S/c1-4-6-13-25(5-2)17-32(28,29)22-12-11-20(31-15-14-30-3)16-21(22)23(24(25)27)18-7-9-19(26)10-8-18/h7-12,16,23-24,27H,4-6,13-15,17H2,1-3H3/t23-,24-,25+/m0/s1. The number of aliphatic hydroxyl groups is 1. The van der Waals surface area contributed by atoms with Crippen LogP contribution in [0.25, 0.3) is 0 Å². The van der Waals surface area contributed by atoms with Crippen molar-refractivity contribution in [3.63, 3.8) is 0 Å². The zero-order chi connectivity index (χ0) is 23.4. The van der Waals surface area contributed by atoms with E-state index in [1.165, 1.54) is 0 Å². The average Bonchev–Trinajstić information content (AvgIpc) is 2.84. The van der Waals surface area contributed by atoms with Crippen LogP contribution in [0.15, 0.2) is 47.4 Å². The number of hydrogen-bond donors (Lipinski definition) is 1. The fourth-order valence-corrected chi connectivity index (χ4v) is 7.33. The first kappa shape index (κ1) is 25.5. The van der Waals surface area contributed by atoms with Crippen LogP contribution >= 0.6 is 22.6 Å². The molecular formula is C25H33IO5S. The molecule has 0 aromatic heterocycles. The summed E-state index contributed by atoms with van der Waals surface area (Å²) in [5.41, 5.74) is 0.818. The van der Waals surface area contributed by atoms with E-state index in [2.05, 4.69) is 29.5 Å². The smallest absolute Gasteiger partial charge is 0.179 e. The summed E-state index contributed by atoms with van der Waals surface area (Å²) < 4.78 is 39.2. The molecule has 0 aliphatic carbocycles. The van der Waals surface area contributed by atoms with Crippen molar-refractivity contribution in [2.24, 2.45) is 5.41 Å². The van der Waals surface area contributed by atoms with Gasteiger partial charge in [0.2, 0.25) is 0 Å². The van der Waals surface area contributed by atoms with Gasteiger partial charge in [0.1, 0.15) is 12.4 Å². The van der Waals surface area contributed by atoms with Gasteiger partial charge in [-0.3, -0.25) is 0 Å². The van der Waals surface area contributed by atoms with Gasteiger partial charge in [-0.2, -0.15) is 0 Å². The molecule has 1 heterocycles. The molecule has 0 saturated heterocycles. The van der Waals surface area contributed by atoms with E-state index < -0.39 is 27.3 Å².